The van der Waals surface area contributed by atoms with Crippen LogP contribution >= 0.6 is 11.3 Å². The van der Waals surface area contributed by atoms with Gasteiger partial charge in [0.25, 0.3) is 0 Å². The Morgan fingerprint density at radius 2 is 2.25 bits per heavy atom. The normalized spacial score (nSPS) is 26.2. The molecule has 2 unspecified atom stereocenters. The molecule has 5 nitrogen and oxygen atoms in total. The first-order chi connectivity index (χ1) is 9.70. The number of hydrogen-bond donors (Lipinski definition) is 3. The van der Waals surface area contributed by atoms with Crippen LogP contribution in [0.25, 0.3) is 0 Å². The van der Waals surface area contributed by atoms with E-state index < -0.39 is 0 Å². The predicted octanol–water partition coefficient (Wildman–Crippen LogP) is 2.69. The van der Waals surface area contributed by atoms with Gasteiger partial charge in [0.15, 0.2) is 5.13 Å². The highest BCUT2D eigenvalue weighted by Crippen LogP contribution is 2.40. The molecule has 2 fully saturated rings. The third-order valence-corrected chi connectivity index (χ3v) is 4.82. The fourth-order valence-electron chi connectivity index (χ4n) is 2.74. The number of aromatic nitrogens is 1. The number of aliphatic hydroxyl groups is 1. The van der Waals surface area contributed by atoms with E-state index in [0.29, 0.717) is 23.5 Å². The molecule has 0 radical (unpaired) electrons. The van der Waals surface area contributed by atoms with Gasteiger partial charge in [-0.05, 0) is 38.0 Å². The summed E-state index contributed by atoms with van der Waals surface area (Å²) in [5.74, 6) is 1.01. The number of thiazole rings is 1. The van der Waals surface area contributed by atoms with Crippen molar-refractivity contribution in [1.29, 1.82) is 0 Å². The van der Waals surface area contributed by atoms with Crippen LogP contribution in [0.15, 0.2) is 5.38 Å². The summed E-state index contributed by atoms with van der Waals surface area (Å²) in [5.41, 5.74) is 1.11. The molecule has 3 rings (SSSR count). The summed E-state index contributed by atoms with van der Waals surface area (Å²) < 4.78 is 0. The monoisotopic (exact) mass is 295 g/mol. The first-order valence-corrected chi connectivity index (χ1v) is 8.27. The van der Waals surface area contributed by atoms with Crippen molar-refractivity contribution in [2.45, 2.75) is 50.5 Å². The molecule has 1 aromatic heterocycles. The molecule has 2 amide bonds. The summed E-state index contributed by atoms with van der Waals surface area (Å²) in [5, 5.41) is 18.0. The Morgan fingerprint density at radius 1 is 1.40 bits per heavy atom. The molecule has 2 atom stereocenters. The molecular formula is C14H21N3O2S. The molecule has 2 aliphatic carbocycles. The van der Waals surface area contributed by atoms with Crippen LogP contribution in [0, 0.1) is 5.92 Å². The van der Waals surface area contributed by atoms with Gasteiger partial charge in [0.1, 0.15) is 0 Å². The molecule has 0 spiro atoms. The quantitative estimate of drug-likeness (QED) is 0.799. The van der Waals surface area contributed by atoms with Crippen molar-refractivity contribution in [3.05, 3.63) is 11.1 Å². The van der Waals surface area contributed by atoms with E-state index in [1.165, 1.54) is 24.2 Å². The molecule has 2 aliphatic rings. The standard InChI is InChI=1S/C14H21N3O2S/c18-11-3-1-2-9(6-11)7-15-13(19)17-14-16-12(8-20-14)10-4-5-10/h8-11,18H,1-7H2,(H2,15,16,17,19). The number of urea groups is 1. The third kappa shape index (κ3) is 3.70. The maximum absolute atomic E-state index is 11.8. The van der Waals surface area contributed by atoms with Crippen LogP contribution < -0.4 is 10.6 Å². The number of anilines is 1. The fraction of sp³-hybridized carbons (Fsp3) is 0.714. The van der Waals surface area contributed by atoms with E-state index >= 15 is 0 Å². The number of hydrogen-bond acceptors (Lipinski definition) is 4. The van der Waals surface area contributed by atoms with Crippen LogP contribution in [0.2, 0.25) is 0 Å². The molecule has 0 bridgehead atoms. The summed E-state index contributed by atoms with van der Waals surface area (Å²) in [6, 6.07) is -0.193. The van der Waals surface area contributed by atoms with Crippen LogP contribution in [-0.2, 0) is 0 Å². The molecule has 0 aliphatic heterocycles. The zero-order chi connectivity index (χ0) is 13.9. The van der Waals surface area contributed by atoms with Gasteiger partial charge in [-0.25, -0.2) is 9.78 Å². The molecule has 0 aromatic carbocycles. The highest BCUT2D eigenvalue weighted by Gasteiger charge is 2.26. The lowest BCUT2D eigenvalue weighted by molar-refractivity contribution is 0.101. The van der Waals surface area contributed by atoms with E-state index in [2.05, 4.69) is 15.6 Å². The fourth-order valence-corrected chi connectivity index (χ4v) is 3.52. The van der Waals surface area contributed by atoms with Crippen molar-refractivity contribution < 1.29 is 9.90 Å². The number of nitrogens with one attached hydrogen (secondary N) is 2. The van der Waals surface area contributed by atoms with Gasteiger partial charge < -0.3 is 10.4 Å². The Kier molecular flexibility index (Phi) is 4.21. The van der Waals surface area contributed by atoms with Gasteiger partial charge in [-0.15, -0.1) is 11.3 Å². The smallest absolute Gasteiger partial charge is 0.321 e. The van der Waals surface area contributed by atoms with Gasteiger partial charge in [-0.2, -0.15) is 0 Å². The van der Waals surface area contributed by atoms with E-state index in [1.54, 1.807) is 0 Å². The number of carbonyl (C=O) groups is 1. The zero-order valence-electron chi connectivity index (χ0n) is 11.5. The van der Waals surface area contributed by atoms with Crippen molar-refractivity contribution in [1.82, 2.24) is 10.3 Å². The van der Waals surface area contributed by atoms with Gasteiger partial charge >= 0.3 is 6.03 Å². The van der Waals surface area contributed by atoms with E-state index in [0.717, 1.165) is 31.4 Å². The topological polar surface area (TPSA) is 74.2 Å². The number of aliphatic hydroxyl groups excluding tert-OH is 1. The average molecular weight is 295 g/mol. The lowest BCUT2D eigenvalue weighted by Gasteiger charge is -2.25. The van der Waals surface area contributed by atoms with Crippen molar-refractivity contribution in [2.75, 3.05) is 11.9 Å². The van der Waals surface area contributed by atoms with Gasteiger partial charge in [0.05, 0.1) is 11.8 Å². The highest BCUT2D eigenvalue weighted by atomic mass is 32.1. The Hall–Kier alpha value is -1.14. The van der Waals surface area contributed by atoms with Crippen molar-refractivity contribution in [3.63, 3.8) is 0 Å². The van der Waals surface area contributed by atoms with E-state index in [-0.39, 0.29) is 12.1 Å². The largest absolute Gasteiger partial charge is 0.393 e. The highest BCUT2D eigenvalue weighted by molar-refractivity contribution is 7.13. The van der Waals surface area contributed by atoms with E-state index in [1.807, 2.05) is 5.38 Å². The SMILES string of the molecule is O=C(NCC1CCCC(O)C1)Nc1nc(C2CC2)cs1. The second-order valence-corrected chi connectivity index (χ2v) is 6.73. The van der Waals surface area contributed by atoms with Crippen LogP contribution in [0.5, 0.6) is 0 Å². The first kappa shape index (κ1) is 13.8. The summed E-state index contributed by atoms with van der Waals surface area (Å²) in [4.78, 5) is 16.2. The zero-order valence-corrected chi connectivity index (χ0v) is 12.3. The number of nitrogens with zero attached hydrogens (tertiary/aromatic N) is 1. The molecule has 20 heavy (non-hydrogen) atoms. The first-order valence-electron chi connectivity index (χ1n) is 7.39. The molecule has 2 saturated carbocycles. The van der Waals surface area contributed by atoms with Gasteiger partial charge in [0.2, 0.25) is 0 Å². The summed E-state index contributed by atoms with van der Waals surface area (Å²) in [6.45, 7) is 0.629. The van der Waals surface area contributed by atoms with Crippen molar-refractivity contribution >= 4 is 22.5 Å². The van der Waals surface area contributed by atoms with Gasteiger partial charge in [0, 0.05) is 17.8 Å². The van der Waals surface area contributed by atoms with E-state index in [4.69, 9.17) is 0 Å². The Morgan fingerprint density at radius 3 is 3.00 bits per heavy atom. The maximum Gasteiger partial charge on any atom is 0.321 e. The number of amides is 2. The lowest BCUT2D eigenvalue weighted by atomic mass is 9.87. The van der Waals surface area contributed by atoms with E-state index in [9.17, 15) is 9.90 Å². The van der Waals surface area contributed by atoms with Gasteiger partial charge in [-0.3, -0.25) is 5.32 Å². The Labute approximate surface area is 122 Å². The van der Waals surface area contributed by atoms with Crippen LogP contribution in [0.3, 0.4) is 0 Å². The predicted molar refractivity (Wildman–Crippen MR) is 79.1 cm³/mol. The van der Waals surface area contributed by atoms with Crippen LogP contribution in [0.1, 0.15) is 50.1 Å². The number of rotatable bonds is 4. The molecule has 0 saturated heterocycles. The average Bonchev–Trinajstić information content (AvgIpc) is 3.18. The second-order valence-electron chi connectivity index (χ2n) is 5.87. The molecule has 110 valence electrons. The Balaban J connectivity index is 1.42. The summed E-state index contributed by atoms with van der Waals surface area (Å²) >= 11 is 1.48. The maximum atomic E-state index is 11.8. The second kappa shape index (κ2) is 6.10. The van der Waals surface area contributed by atoms with Gasteiger partial charge in [-0.1, -0.05) is 6.42 Å². The van der Waals surface area contributed by atoms with Crippen LogP contribution in [0.4, 0.5) is 9.93 Å². The Bertz CT molecular complexity index is 473. The van der Waals surface area contributed by atoms with Crippen molar-refractivity contribution in [2.24, 2.45) is 5.92 Å². The minimum absolute atomic E-state index is 0.193. The minimum atomic E-state index is -0.196. The molecular weight excluding hydrogens is 274 g/mol. The summed E-state index contributed by atoms with van der Waals surface area (Å²) in [7, 11) is 0. The number of carbonyl (C=O) groups excluding carboxylic acids is 1. The minimum Gasteiger partial charge on any atom is -0.393 e. The molecule has 3 N–H and O–H groups in total. The summed E-state index contributed by atoms with van der Waals surface area (Å²) in [6.07, 6.45) is 6.07. The molecule has 6 heteroatoms. The van der Waals surface area contributed by atoms with Crippen molar-refractivity contribution in [3.8, 4) is 0 Å². The van der Waals surface area contributed by atoms with Crippen LogP contribution in [-0.4, -0.2) is 28.8 Å². The lowest BCUT2D eigenvalue weighted by Crippen LogP contribution is -2.35. The molecule has 1 aromatic rings. The third-order valence-electron chi connectivity index (χ3n) is 4.04. The molecule has 1 heterocycles.